The fourth-order valence-electron chi connectivity index (χ4n) is 2.56. The molecule has 2 aromatic heterocycles. The quantitative estimate of drug-likeness (QED) is 0.621. The highest BCUT2D eigenvalue weighted by atomic mass is 35.5. The fourth-order valence-corrected chi connectivity index (χ4v) is 3.61. The standard InChI is InChI=1S/C16H16ClFN2S/c1-16(2,14-4-3-7-21-14)10-20-13-8-11(18)5-6-12(13)19-15(20)9-17/h3-8H,9-10H2,1-2H3. The van der Waals surface area contributed by atoms with Gasteiger partial charge < -0.3 is 4.57 Å². The Balaban J connectivity index is 2.09. The number of hydrogen-bond donors (Lipinski definition) is 0. The van der Waals surface area contributed by atoms with E-state index < -0.39 is 0 Å². The molecule has 0 aliphatic carbocycles. The topological polar surface area (TPSA) is 17.8 Å². The summed E-state index contributed by atoms with van der Waals surface area (Å²) >= 11 is 7.76. The second kappa shape index (κ2) is 5.43. The summed E-state index contributed by atoms with van der Waals surface area (Å²) in [4.78, 5) is 5.80. The fraction of sp³-hybridized carbons (Fsp3) is 0.312. The van der Waals surface area contributed by atoms with E-state index in [4.69, 9.17) is 11.6 Å². The first-order valence-electron chi connectivity index (χ1n) is 6.76. The normalized spacial score (nSPS) is 12.2. The predicted octanol–water partition coefficient (Wildman–Crippen LogP) is 4.95. The lowest BCUT2D eigenvalue weighted by Crippen LogP contribution is -2.24. The second-order valence-corrected chi connectivity index (χ2v) is 6.96. The minimum absolute atomic E-state index is 0.0606. The van der Waals surface area contributed by atoms with Crippen molar-refractivity contribution in [2.75, 3.05) is 0 Å². The van der Waals surface area contributed by atoms with Crippen LogP contribution in [0.5, 0.6) is 0 Å². The minimum Gasteiger partial charge on any atom is -0.326 e. The number of aromatic nitrogens is 2. The molecule has 2 heterocycles. The molecule has 3 aromatic rings. The van der Waals surface area contributed by atoms with Crippen molar-refractivity contribution in [3.05, 3.63) is 52.2 Å². The van der Waals surface area contributed by atoms with E-state index in [-0.39, 0.29) is 11.2 Å². The van der Waals surface area contributed by atoms with Crippen molar-refractivity contribution >= 4 is 34.0 Å². The van der Waals surface area contributed by atoms with E-state index in [2.05, 4.69) is 36.3 Å². The highest BCUT2D eigenvalue weighted by Gasteiger charge is 2.25. The first-order valence-corrected chi connectivity index (χ1v) is 8.17. The summed E-state index contributed by atoms with van der Waals surface area (Å²) in [7, 11) is 0. The number of hydrogen-bond acceptors (Lipinski definition) is 2. The summed E-state index contributed by atoms with van der Waals surface area (Å²) in [6, 6.07) is 8.85. The summed E-state index contributed by atoms with van der Waals surface area (Å²) in [5.74, 6) is 0.845. The number of benzene rings is 1. The van der Waals surface area contributed by atoms with Crippen LogP contribution in [0, 0.1) is 5.82 Å². The van der Waals surface area contributed by atoms with Crippen molar-refractivity contribution in [1.82, 2.24) is 9.55 Å². The molecular weight excluding hydrogens is 307 g/mol. The molecule has 3 rings (SSSR count). The van der Waals surface area contributed by atoms with Gasteiger partial charge in [-0.15, -0.1) is 22.9 Å². The van der Waals surface area contributed by atoms with Gasteiger partial charge in [0.2, 0.25) is 0 Å². The van der Waals surface area contributed by atoms with E-state index in [0.29, 0.717) is 5.88 Å². The average molecular weight is 323 g/mol. The van der Waals surface area contributed by atoms with E-state index in [1.54, 1.807) is 17.4 Å². The third-order valence-corrected chi connectivity index (χ3v) is 5.13. The molecule has 0 saturated heterocycles. The Hall–Kier alpha value is -1.39. The number of rotatable bonds is 4. The molecular formula is C16H16ClFN2S. The van der Waals surface area contributed by atoms with Gasteiger partial charge in [0, 0.05) is 16.8 Å². The zero-order valence-electron chi connectivity index (χ0n) is 11.9. The largest absolute Gasteiger partial charge is 0.326 e. The van der Waals surface area contributed by atoms with Crippen LogP contribution < -0.4 is 0 Å². The molecule has 0 bridgehead atoms. The zero-order chi connectivity index (χ0) is 15.0. The van der Waals surface area contributed by atoms with Crippen molar-refractivity contribution in [2.45, 2.75) is 31.7 Å². The molecule has 0 radical (unpaired) electrons. The lowest BCUT2D eigenvalue weighted by molar-refractivity contribution is 0.443. The number of fused-ring (bicyclic) bond motifs is 1. The summed E-state index contributed by atoms with van der Waals surface area (Å²) in [6.45, 7) is 5.08. The number of imidazole rings is 1. The van der Waals surface area contributed by atoms with Crippen LogP contribution in [0.15, 0.2) is 35.7 Å². The van der Waals surface area contributed by atoms with E-state index >= 15 is 0 Å². The SMILES string of the molecule is CC(C)(Cn1c(CCl)nc2ccc(F)cc21)c1cccs1. The number of halogens is 2. The average Bonchev–Trinajstić information content (AvgIpc) is 3.07. The highest BCUT2D eigenvalue weighted by Crippen LogP contribution is 2.31. The minimum atomic E-state index is -0.251. The Morgan fingerprint density at radius 2 is 2.14 bits per heavy atom. The van der Waals surface area contributed by atoms with Gasteiger partial charge in [-0.05, 0) is 29.6 Å². The van der Waals surface area contributed by atoms with Gasteiger partial charge in [-0.25, -0.2) is 9.37 Å². The van der Waals surface area contributed by atoms with Gasteiger partial charge in [0.25, 0.3) is 0 Å². The maximum atomic E-state index is 13.6. The smallest absolute Gasteiger partial charge is 0.125 e. The molecule has 110 valence electrons. The molecule has 21 heavy (non-hydrogen) atoms. The zero-order valence-corrected chi connectivity index (χ0v) is 13.5. The van der Waals surface area contributed by atoms with E-state index in [1.165, 1.54) is 17.0 Å². The lowest BCUT2D eigenvalue weighted by Gasteiger charge is -2.25. The van der Waals surface area contributed by atoms with E-state index in [9.17, 15) is 4.39 Å². The highest BCUT2D eigenvalue weighted by molar-refractivity contribution is 7.10. The maximum absolute atomic E-state index is 13.6. The molecule has 0 atom stereocenters. The van der Waals surface area contributed by atoms with Crippen LogP contribution in [0.25, 0.3) is 11.0 Å². The summed E-state index contributed by atoms with van der Waals surface area (Å²) < 4.78 is 15.6. The van der Waals surface area contributed by atoms with Gasteiger partial charge in [-0.2, -0.15) is 0 Å². The van der Waals surface area contributed by atoms with Crippen LogP contribution in [-0.2, 0) is 17.8 Å². The lowest BCUT2D eigenvalue weighted by atomic mass is 9.91. The molecule has 0 N–H and O–H groups in total. The third kappa shape index (κ3) is 2.70. The van der Waals surface area contributed by atoms with Gasteiger partial charge in [-0.1, -0.05) is 19.9 Å². The van der Waals surface area contributed by atoms with Crippen LogP contribution in [0.1, 0.15) is 24.5 Å². The first kappa shape index (κ1) is 14.5. The summed E-state index contributed by atoms with van der Waals surface area (Å²) in [5.41, 5.74) is 1.53. The van der Waals surface area contributed by atoms with Crippen LogP contribution >= 0.6 is 22.9 Å². The van der Waals surface area contributed by atoms with Crippen molar-refractivity contribution in [1.29, 1.82) is 0 Å². The summed E-state index contributed by atoms with van der Waals surface area (Å²) in [5, 5.41) is 2.07. The van der Waals surface area contributed by atoms with E-state index in [1.807, 2.05) is 4.57 Å². The third-order valence-electron chi connectivity index (χ3n) is 3.65. The van der Waals surface area contributed by atoms with Crippen molar-refractivity contribution < 1.29 is 4.39 Å². The first-order chi connectivity index (χ1) is 10.0. The Bertz CT molecular complexity index is 762. The predicted molar refractivity (Wildman–Crippen MR) is 86.6 cm³/mol. The number of nitrogens with zero attached hydrogens (tertiary/aromatic N) is 2. The van der Waals surface area contributed by atoms with Crippen molar-refractivity contribution in [3.63, 3.8) is 0 Å². The van der Waals surface area contributed by atoms with Crippen LogP contribution in [-0.4, -0.2) is 9.55 Å². The van der Waals surface area contributed by atoms with Gasteiger partial charge in [-0.3, -0.25) is 0 Å². The maximum Gasteiger partial charge on any atom is 0.125 e. The Labute approximate surface area is 132 Å². The molecule has 0 fully saturated rings. The molecule has 0 saturated carbocycles. The molecule has 5 heteroatoms. The molecule has 0 spiro atoms. The number of alkyl halides is 1. The molecule has 0 amide bonds. The second-order valence-electron chi connectivity index (χ2n) is 5.74. The molecule has 0 aliphatic heterocycles. The summed E-state index contributed by atoms with van der Waals surface area (Å²) in [6.07, 6.45) is 0. The van der Waals surface area contributed by atoms with Crippen molar-refractivity contribution in [3.8, 4) is 0 Å². The molecule has 1 aromatic carbocycles. The Kier molecular flexibility index (Phi) is 3.76. The monoisotopic (exact) mass is 322 g/mol. The van der Waals surface area contributed by atoms with Crippen LogP contribution in [0.4, 0.5) is 4.39 Å². The Morgan fingerprint density at radius 3 is 2.81 bits per heavy atom. The van der Waals surface area contributed by atoms with Crippen LogP contribution in [0.2, 0.25) is 0 Å². The van der Waals surface area contributed by atoms with Gasteiger partial charge >= 0.3 is 0 Å². The van der Waals surface area contributed by atoms with Gasteiger partial charge in [0.1, 0.15) is 11.6 Å². The molecule has 0 aliphatic rings. The van der Waals surface area contributed by atoms with E-state index in [0.717, 1.165) is 23.4 Å². The van der Waals surface area contributed by atoms with Gasteiger partial charge in [0.05, 0.1) is 16.9 Å². The van der Waals surface area contributed by atoms with Crippen LogP contribution in [0.3, 0.4) is 0 Å². The Morgan fingerprint density at radius 1 is 1.33 bits per heavy atom. The van der Waals surface area contributed by atoms with Gasteiger partial charge in [0.15, 0.2) is 0 Å². The molecule has 2 nitrogen and oxygen atoms in total. The molecule has 0 unspecified atom stereocenters. The van der Waals surface area contributed by atoms with Crippen molar-refractivity contribution in [2.24, 2.45) is 0 Å². The number of thiophene rings is 1.